The average Bonchev–Trinajstić information content (AvgIpc) is 2.51. The highest BCUT2D eigenvalue weighted by Crippen LogP contribution is 2.29. The smallest absolute Gasteiger partial charge is 0.242 e. The van der Waals surface area contributed by atoms with Gasteiger partial charge in [0.25, 0.3) is 0 Å². The van der Waals surface area contributed by atoms with Crippen molar-refractivity contribution in [3.63, 3.8) is 0 Å². The third-order valence-electron chi connectivity index (χ3n) is 3.94. The van der Waals surface area contributed by atoms with Gasteiger partial charge in [0.05, 0.1) is 7.11 Å². The lowest BCUT2D eigenvalue weighted by atomic mass is 9.90. The fourth-order valence-corrected chi connectivity index (χ4v) is 2.38. The molecule has 21 heavy (non-hydrogen) atoms. The van der Waals surface area contributed by atoms with Gasteiger partial charge in [-0.25, -0.2) is 0 Å². The van der Waals surface area contributed by atoms with Gasteiger partial charge in [0.1, 0.15) is 11.3 Å². The zero-order valence-electron chi connectivity index (χ0n) is 13.5. The van der Waals surface area contributed by atoms with Crippen LogP contribution in [0.5, 0.6) is 5.75 Å². The number of rotatable bonds is 9. The number of carbonyl (C=O) groups is 1. The molecule has 0 saturated heterocycles. The van der Waals surface area contributed by atoms with E-state index in [2.05, 4.69) is 24.1 Å². The van der Waals surface area contributed by atoms with Gasteiger partial charge >= 0.3 is 0 Å². The zero-order valence-corrected chi connectivity index (χ0v) is 13.5. The van der Waals surface area contributed by atoms with Crippen LogP contribution >= 0.6 is 0 Å². The molecule has 0 aromatic heterocycles. The van der Waals surface area contributed by atoms with Crippen molar-refractivity contribution in [3.8, 4) is 5.75 Å². The molecule has 0 aliphatic rings. The predicted octanol–water partition coefficient (Wildman–Crippen LogP) is 1.33. The van der Waals surface area contributed by atoms with Crippen LogP contribution in [0.15, 0.2) is 24.3 Å². The Bertz CT molecular complexity index is 461. The van der Waals surface area contributed by atoms with Crippen molar-refractivity contribution in [2.24, 2.45) is 5.73 Å². The Morgan fingerprint density at radius 1 is 1.33 bits per heavy atom. The van der Waals surface area contributed by atoms with Gasteiger partial charge in [-0.1, -0.05) is 32.0 Å². The van der Waals surface area contributed by atoms with Gasteiger partial charge in [0, 0.05) is 18.7 Å². The minimum Gasteiger partial charge on any atom is -0.496 e. The average molecular weight is 293 g/mol. The third-order valence-corrected chi connectivity index (χ3v) is 3.94. The first-order valence-corrected chi connectivity index (χ1v) is 7.40. The maximum atomic E-state index is 12.0. The maximum Gasteiger partial charge on any atom is 0.242 e. The minimum absolute atomic E-state index is 0.411. The number of amides is 1. The lowest BCUT2D eigenvalue weighted by Crippen LogP contribution is -2.52. The van der Waals surface area contributed by atoms with Gasteiger partial charge in [-0.05, 0) is 26.1 Å². The molecule has 0 saturated carbocycles. The van der Waals surface area contributed by atoms with E-state index in [1.807, 2.05) is 24.3 Å². The van der Waals surface area contributed by atoms with E-state index in [0.29, 0.717) is 12.3 Å². The summed E-state index contributed by atoms with van der Waals surface area (Å²) in [5.41, 5.74) is 5.46. The first-order chi connectivity index (χ1) is 9.99. The Hall–Kier alpha value is -1.59. The van der Waals surface area contributed by atoms with Crippen LogP contribution in [0.2, 0.25) is 0 Å². The Balaban J connectivity index is 2.91. The van der Waals surface area contributed by atoms with Gasteiger partial charge in [0.2, 0.25) is 5.91 Å². The summed E-state index contributed by atoms with van der Waals surface area (Å²) in [4.78, 5) is 14.3. The van der Waals surface area contributed by atoms with Gasteiger partial charge in [0.15, 0.2) is 0 Å². The third kappa shape index (κ3) is 4.19. The van der Waals surface area contributed by atoms with E-state index in [1.165, 1.54) is 0 Å². The van der Waals surface area contributed by atoms with Crippen LogP contribution < -0.4 is 15.8 Å². The molecule has 1 aromatic carbocycles. The molecule has 1 unspecified atom stereocenters. The predicted molar refractivity (Wildman–Crippen MR) is 85.3 cm³/mol. The molecule has 0 radical (unpaired) electrons. The molecule has 0 spiro atoms. The molecule has 0 fully saturated rings. The second kappa shape index (κ2) is 8.00. The fraction of sp³-hybridized carbons (Fsp3) is 0.562. The van der Waals surface area contributed by atoms with E-state index in [4.69, 9.17) is 10.5 Å². The van der Waals surface area contributed by atoms with E-state index < -0.39 is 11.4 Å². The number of nitrogens with zero attached hydrogens (tertiary/aromatic N) is 1. The first-order valence-electron chi connectivity index (χ1n) is 7.40. The number of ether oxygens (including phenoxy) is 1. The van der Waals surface area contributed by atoms with Crippen LogP contribution in [0.3, 0.4) is 0 Å². The summed E-state index contributed by atoms with van der Waals surface area (Å²) in [7, 11) is 1.59. The van der Waals surface area contributed by atoms with Crippen molar-refractivity contribution < 1.29 is 9.53 Å². The number of benzene rings is 1. The van der Waals surface area contributed by atoms with Gasteiger partial charge in [-0.15, -0.1) is 0 Å². The number of likely N-dealkylation sites (N-methyl/N-ethyl adjacent to an activating group) is 1. The van der Waals surface area contributed by atoms with Crippen LogP contribution in [0.25, 0.3) is 0 Å². The quantitative estimate of drug-likeness (QED) is 0.721. The number of hydrogen-bond donors (Lipinski definition) is 2. The van der Waals surface area contributed by atoms with Crippen molar-refractivity contribution in [2.45, 2.75) is 26.3 Å². The summed E-state index contributed by atoms with van der Waals surface area (Å²) >= 11 is 0. The number of carbonyl (C=O) groups excluding carboxylic acids is 1. The minimum atomic E-state index is -0.945. The van der Waals surface area contributed by atoms with Crippen molar-refractivity contribution in [3.05, 3.63) is 29.8 Å². The molecule has 118 valence electrons. The summed E-state index contributed by atoms with van der Waals surface area (Å²) in [5, 5.41) is 3.29. The van der Waals surface area contributed by atoms with Crippen molar-refractivity contribution in [2.75, 3.05) is 33.3 Å². The Kier molecular flexibility index (Phi) is 6.65. The number of nitrogens with one attached hydrogen (secondary N) is 1. The Labute approximate surface area is 127 Å². The molecule has 0 heterocycles. The monoisotopic (exact) mass is 293 g/mol. The molecule has 1 atom stereocenters. The van der Waals surface area contributed by atoms with Gasteiger partial charge < -0.3 is 15.4 Å². The van der Waals surface area contributed by atoms with Crippen LogP contribution in [0, 0.1) is 0 Å². The normalized spacial score (nSPS) is 14.0. The van der Waals surface area contributed by atoms with Crippen molar-refractivity contribution >= 4 is 5.91 Å². The number of hydrogen-bond acceptors (Lipinski definition) is 4. The summed E-state index contributed by atoms with van der Waals surface area (Å²) in [6, 6.07) is 7.46. The van der Waals surface area contributed by atoms with E-state index in [9.17, 15) is 4.79 Å². The highest BCUT2D eigenvalue weighted by molar-refractivity contribution is 5.86. The topological polar surface area (TPSA) is 67.6 Å². The summed E-state index contributed by atoms with van der Waals surface area (Å²) in [6.45, 7) is 9.56. The SMILES string of the molecule is CCN(CC)CCNC(C)(C(N)=O)c1ccccc1OC. The molecule has 1 rings (SSSR count). The second-order valence-electron chi connectivity index (χ2n) is 5.14. The van der Waals surface area contributed by atoms with Crippen molar-refractivity contribution in [1.29, 1.82) is 0 Å². The van der Waals surface area contributed by atoms with Gasteiger partial charge in [-0.2, -0.15) is 0 Å². The van der Waals surface area contributed by atoms with E-state index in [-0.39, 0.29) is 0 Å². The standard InChI is InChI=1S/C16H27N3O2/c1-5-19(6-2)12-11-18-16(3,15(17)20)13-9-7-8-10-14(13)21-4/h7-10,18H,5-6,11-12H2,1-4H3,(H2,17,20). The molecule has 5 nitrogen and oxygen atoms in total. The molecule has 0 bridgehead atoms. The highest BCUT2D eigenvalue weighted by Gasteiger charge is 2.35. The Morgan fingerprint density at radius 3 is 2.48 bits per heavy atom. The summed E-state index contributed by atoms with van der Waals surface area (Å²) in [6.07, 6.45) is 0. The van der Waals surface area contributed by atoms with Crippen LogP contribution in [0.1, 0.15) is 26.3 Å². The second-order valence-corrected chi connectivity index (χ2v) is 5.14. The lowest BCUT2D eigenvalue weighted by Gasteiger charge is -2.30. The van der Waals surface area contributed by atoms with Crippen LogP contribution in [0.4, 0.5) is 0 Å². The molecule has 5 heteroatoms. The number of primary amides is 1. The fourth-order valence-electron chi connectivity index (χ4n) is 2.38. The molecular formula is C16H27N3O2. The van der Waals surface area contributed by atoms with Crippen LogP contribution in [-0.2, 0) is 10.3 Å². The molecule has 0 aliphatic heterocycles. The van der Waals surface area contributed by atoms with E-state index >= 15 is 0 Å². The Morgan fingerprint density at radius 2 is 1.95 bits per heavy atom. The van der Waals surface area contributed by atoms with Gasteiger partial charge in [-0.3, -0.25) is 10.1 Å². The van der Waals surface area contributed by atoms with Crippen LogP contribution in [-0.4, -0.2) is 44.1 Å². The molecule has 3 N–H and O–H groups in total. The lowest BCUT2D eigenvalue weighted by molar-refractivity contribution is -0.124. The number of methoxy groups -OCH3 is 1. The number of para-hydroxylation sites is 1. The number of nitrogens with two attached hydrogens (primary N) is 1. The molecule has 0 aliphatic carbocycles. The molecular weight excluding hydrogens is 266 g/mol. The van der Waals surface area contributed by atoms with Crippen molar-refractivity contribution in [1.82, 2.24) is 10.2 Å². The zero-order chi connectivity index (χ0) is 15.9. The summed E-state index contributed by atoms with van der Waals surface area (Å²) in [5.74, 6) is 0.251. The highest BCUT2D eigenvalue weighted by atomic mass is 16.5. The maximum absolute atomic E-state index is 12.0. The largest absolute Gasteiger partial charge is 0.496 e. The molecule has 1 aromatic rings. The molecule has 1 amide bonds. The van der Waals surface area contributed by atoms with E-state index in [1.54, 1.807) is 14.0 Å². The summed E-state index contributed by atoms with van der Waals surface area (Å²) < 4.78 is 5.35. The van der Waals surface area contributed by atoms with E-state index in [0.717, 1.165) is 25.2 Å². The first kappa shape index (κ1) is 17.5.